The van der Waals surface area contributed by atoms with Gasteiger partial charge in [-0.2, -0.15) is 0 Å². The van der Waals surface area contributed by atoms with E-state index in [2.05, 4.69) is 15.3 Å². The minimum absolute atomic E-state index is 0.203. The number of para-hydroxylation sites is 1. The van der Waals surface area contributed by atoms with Crippen LogP contribution in [-0.4, -0.2) is 22.1 Å². The summed E-state index contributed by atoms with van der Waals surface area (Å²) in [6.45, 7) is 4.75. The fourth-order valence-corrected chi connectivity index (χ4v) is 3.50. The third-order valence-corrected chi connectivity index (χ3v) is 5.12. The van der Waals surface area contributed by atoms with E-state index in [0.29, 0.717) is 47.4 Å². The number of ether oxygens (including phenoxy) is 1. The van der Waals surface area contributed by atoms with E-state index in [1.54, 1.807) is 24.8 Å². The Morgan fingerprint density at radius 2 is 1.90 bits per heavy atom. The van der Waals surface area contributed by atoms with Crippen molar-refractivity contribution in [2.75, 3.05) is 12.4 Å². The second-order valence-corrected chi connectivity index (χ2v) is 7.43. The number of rotatable bonds is 9. The number of hydrogen-bond donors (Lipinski definition) is 2. The lowest BCUT2D eigenvalue weighted by atomic mass is 10.2. The molecule has 3 rings (SSSR count). The van der Waals surface area contributed by atoms with Gasteiger partial charge in [-0.1, -0.05) is 42.5 Å². The van der Waals surface area contributed by atoms with Gasteiger partial charge in [0.1, 0.15) is 11.4 Å². The van der Waals surface area contributed by atoms with Crippen LogP contribution in [0.1, 0.15) is 18.2 Å². The first kappa shape index (κ1) is 21.4. The standard InChI is InChI=1S/C22H25N5O2S/c1-3-29-20-12-8-7-11-19(20)24-25-21-16(2)26-27(22(21)28)13-14-30-15-18(23)17-9-5-4-6-10-17/h4-12,15,26H,3,13-14,23H2,1-2H3/b18-15-,25-24?. The molecule has 0 aliphatic carbocycles. The number of aromatic amines is 1. The maximum atomic E-state index is 12.7. The Morgan fingerprint density at radius 3 is 2.67 bits per heavy atom. The molecular formula is C22H25N5O2S. The molecule has 3 N–H and O–H groups in total. The Hall–Kier alpha value is -3.26. The van der Waals surface area contributed by atoms with Crippen LogP contribution in [0.15, 0.2) is 75.0 Å². The van der Waals surface area contributed by atoms with Crippen LogP contribution in [0.2, 0.25) is 0 Å². The van der Waals surface area contributed by atoms with Gasteiger partial charge in [-0.05, 0) is 37.0 Å². The first-order valence-electron chi connectivity index (χ1n) is 9.65. The topological polar surface area (TPSA) is 97.8 Å². The third-order valence-electron chi connectivity index (χ3n) is 4.28. The molecule has 0 saturated carbocycles. The maximum absolute atomic E-state index is 12.7. The van der Waals surface area contributed by atoms with Crippen molar-refractivity contribution >= 4 is 28.8 Å². The van der Waals surface area contributed by atoms with Gasteiger partial charge in [0.25, 0.3) is 5.56 Å². The van der Waals surface area contributed by atoms with Crippen molar-refractivity contribution < 1.29 is 4.74 Å². The molecule has 0 amide bonds. The predicted octanol–water partition coefficient (Wildman–Crippen LogP) is 4.99. The van der Waals surface area contributed by atoms with Crippen molar-refractivity contribution in [3.63, 3.8) is 0 Å². The van der Waals surface area contributed by atoms with Gasteiger partial charge in [0.2, 0.25) is 0 Å². The molecular weight excluding hydrogens is 398 g/mol. The zero-order valence-corrected chi connectivity index (χ0v) is 17.9. The van der Waals surface area contributed by atoms with Gasteiger partial charge in [0, 0.05) is 11.4 Å². The average Bonchev–Trinajstić information content (AvgIpc) is 3.04. The SMILES string of the molecule is CCOc1ccccc1N=Nc1c(C)[nH]n(CCS/C=C(\N)c2ccccc2)c1=O. The summed E-state index contributed by atoms with van der Waals surface area (Å²) in [6.07, 6.45) is 0. The number of hydrogen-bond acceptors (Lipinski definition) is 6. The van der Waals surface area contributed by atoms with E-state index in [9.17, 15) is 4.79 Å². The molecule has 30 heavy (non-hydrogen) atoms. The van der Waals surface area contributed by atoms with Crippen LogP contribution in [0.4, 0.5) is 11.4 Å². The Kier molecular flexibility index (Phi) is 7.51. The largest absolute Gasteiger partial charge is 0.492 e. The third kappa shape index (κ3) is 5.42. The van der Waals surface area contributed by atoms with Gasteiger partial charge >= 0.3 is 0 Å². The number of nitrogens with one attached hydrogen (secondary N) is 1. The molecule has 0 saturated heterocycles. The lowest BCUT2D eigenvalue weighted by molar-refractivity contribution is 0.341. The molecule has 0 atom stereocenters. The first-order valence-corrected chi connectivity index (χ1v) is 10.7. The molecule has 2 aromatic carbocycles. The van der Waals surface area contributed by atoms with Crippen molar-refractivity contribution in [1.29, 1.82) is 0 Å². The number of benzene rings is 2. The highest BCUT2D eigenvalue weighted by atomic mass is 32.2. The molecule has 0 fully saturated rings. The van der Waals surface area contributed by atoms with Crippen molar-refractivity contribution in [1.82, 2.24) is 9.78 Å². The first-order chi connectivity index (χ1) is 14.6. The maximum Gasteiger partial charge on any atom is 0.294 e. The number of nitrogens with two attached hydrogens (primary N) is 1. The minimum atomic E-state index is -0.203. The zero-order valence-electron chi connectivity index (χ0n) is 17.0. The van der Waals surface area contributed by atoms with E-state index >= 15 is 0 Å². The van der Waals surface area contributed by atoms with Crippen molar-refractivity contribution in [3.05, 3.63) is 81.6 Å². The minimum Gasteiger partial charge on any atom is -0.492 e. The molecule has 0 bridgehead atoms. The van der Waals surface area contributed by atoms with Crippen LogP contribution < -0.4 is 16.0 Å². The Bertz CT molecular complexity index is 1090. The number of thioether (sulfide) groups is 1. The second-order valence-electron chi connectivity index (χ2n) is 6.45. The summed E-state index contributed by atoms with van der Waals surface area (Å²) in [4.78, 5) is 12.7. The molecule has 0 unspecified atom stereocenters. The molecule has 3 aromatic rings. The van der Waals surface area contributed by atoms with E-state index in [4.69, 9.17) is 10.5 Å². The van der Waals surface area contributed by atoms with Crippen molar-refractivity contribution in [2.45, 2.75) is 20.4 Å². The Balaban J connectivity index is 1.65. The molecule has 1 heterocycles. The second kappa shape index (κ2) is 10.5. The van der Waals surface area contributed by atoms with Crippen LogP contribution in [-0.2, 0) is 6.54 Å². The quantitative estimate of drug-likeness (QED) is 0.374. The van der Waals surface area contributed by atoms with Gasteiger partial charge in [0.15, 0.2) is 5.69 Å². The fourth-order valence-electron chi connectivity index (χ4n) is 2.78. The molecule has 0 radical (unpaired) electrons. The van der Waals surface area contributed by atoms with E-state index in [-0.39, 0.29) is 5.56 Å². The lowest BCUT2D eigenvalue weighted by Gasteiger charge is -2.04. The van der Waals surface area contributed by atoms with Gasteiger partial charge < -0.3 is 10.5 Å². The monoisotopic (exact) mass is 423 g/mol. The van der Waals surface area contributed by atoms with Crippen LogP contribution in [0.5, 0.6) is 5.75 Å². The lowest BCUT2D eigenvalue weighted by Crippen LogP contribution is -2.17. The summed E-state index contributed by atoms with van der Waals surface area (Å²) >= 11 is 1.56. The fraction of sp³-hybridized carbons (Fsp3) is 0.227. The molecule has 0 spiro atoms. The van der Waals surface area contributed by atoms with Crippen molar-refractivity contribution in [3.8, 4) is 5.75 Å². The van der Waals surface area contributed by atoms with Gasteiger partial charge in [0.05, 0.1) is 18.8 Å². The van der Waals surface area contributed by atoms with E-state index in [0.717, 1.165) is 5.56 Å². The normalized spacial score (nSPS) is 11.9. The average molecular weight is 424 g/mol. The van der Waals surface area contributed by atoms with Gasteiger partial charge in [-0.25, -0.2) is 0 Å². The van der Waals surface area contributed by atoms with E-state index in [1.165, 1.54) is 4.68 Å². The number of H-pyrrole nitrogens is 1. The summed E-state index contributed by atoms with van der Waals surface area (Å²) in [6, 6.07) is 17.1. The van der Waals surface area contributed by atoms with E-state index < -0.39 is 0 Å². The highest BCUT2D eigenvalue weighted by molar-refractivity contribution is 8.02. The molecule has 0 aliphatic heterocycles. The summed E-state index contributed by atoms with van der Waals surface area (Å²) < 4.78 is 7.08. The molecule has 1 aromatic heterocycles. The molecule has 156 valence electrons. The molecule has 7 nitrogen and oxygen atoms in total. The van der Waals surface area contributed by atoms with Crippen molar-refractivity contribution in [2.24, 2.45) is 16.0 Å². The molecule has 8 heteroatoms. The number of nitrogens with zero attached hydrogens (tertiary/aromatic N) is 3. The number of azo groups is 1. The van der Waals surface area contributed by atoms with Crippen LogP contribution >= 0.6 is 11.8 Å². The molecule has 0 aliphatic rings. The van der Waals surface area contributed by atoms with Crippen LogP contribution in [0.3, 0.4) is 0 Å². The zero-order chi connectivity index (χ0) is 21.3. The van der Waals surface area contributed by atoms with Crippen LogP contribution in [0, 0.1) is 6.92 Å². The van der Waals surface area contributed by atoms with Gasteiger partial charge in [-0.15, -0.1) is 22.0 Å². The van der Waals surface area contributed by atoms with E-state index in [1.807, 2.05) is 60.9 Å². The van der Waals surface area contributed by atoms with Gasteiger partial charge in [-0.3, -0.25) is 14.6 Å². The Labute approximate surface area is 179 Å². The highest BCUT2D eigenvalue weighted by Gasteiger charge is 2.11. The summed E-state index contributed by atoms with van der Waals surface area (Å²) in [5.74, 6) is 1.33. The summed E-state index contributed by atoms with van der Waals surface area (Å²) in [5, 5.41) is 13.4. The number of aryl methyl sites for hydroxylation is 2. The predicted molar refractivity (Wildman–Crippen MR) is 123 cm³/mol. The highest BCUT2D eigenvalue weighted by Crippen LogP contribution is 2.28. The number of aromatic nitrogens is 2. The summed E-state index contributed by atoms with van der Waals surface area (Å²) in [5.41, 5.74) is 9.12. The smallest absolute Gasteiger partial charge is 0.294 e. The van der Waals surface area contributed by atoms with Crippen LogP contribution in [0.25, 0.3) is 5.70 Å². The Morgan fingerprint density at radius 1 is 1.17 bits per heavy atom. The summed E-state index contributed by atoms with van der Waals surface area (Å²) in [7, 11) is 0.